The number of carbonyl (C=O) groups is 1. The first kappa shape index (κ1) is 20.4. The van der Waals surface area contributed by atoms with Crippen LogP contribution in [0.3, 0.4) is 0 Å². The van der Waals surface area contributed by atoms with Crippen molar-refractivity contribution in [2.75, 3.05) is 6.54 Å². The Morgan fingerprint density at radius 1 is 0.967 bits per heavy atom. The molecule has 4 nitrogen and oxygen atoms in total. The smallest absolute Gasteiger partial charge is 0.226 e. The number of hydrogen-bond donors (Lipinski definition) is 1. The summed E-state index contributed by atoms with van der Waals surface area (Å²) in [5.74, 6) is -0.330. The number of amides is 1. The second kappa shape index (κ2) is 9.28. The Morgan fingerprint density at radius 2 is 1.70 bits per heavy atom. The van der Waals surface area contributed by atoms with Gasteiger partial charge in [0.05, 0.1) is 22.8 Å². The van der Waals surface area contributed by atoms with E-state index in [4.69, 9.17) is 0 Å². The van der Waals surface area contributed by atoms with Crippen molar-refractivity contribution in [2.24, 2.45) is 0 Å². The molecule has 7 heteroatoms. The maximum absolute atomic E-state index is 13.0. The SMILES string of the molecule is Cc1nc(-c2ccc(CCNC(=O)Cc3csc(-c4ccc(F)cc4)n3)cc2)cs1. The lowest BCUT2D eigenvalue weighted by Crippen LogP contribution is -2.27. The average molecular weight is 438 g/mol. The molecule has 4 rings (SSSR count). The van der Waals surface area contributed by atoms with Gasteiger partial charge in [0.1, 0.15) is 10.8 Å². The van der Waals surface area contributed by atoms with E-state index < -0.39 is 0 Å². The standard InChI is InChI=1S/C23H20FN3OS2/c1-15-26-21(14-29-15)17-4-2-16(3-5-17)10-11-25-22(28)12-20-13-30-23(27-20)18-6-8-19(24)9-7-18/h2-9,13-14H,10-12H2,1H3,(H,25,28). The van der Waals surface area contributed by atoms with Crippen LogP contribution in [0.5, 0.6) is 0 Å². The van der Waals surface area contributed by atoms with Crippen LogP contribution < -0.4 is 5.32 Å². The molecule has 152 valence electrons. The summed E-state index contributed by atoms with van der Waals surface area (Å²) in [7, 11) is 0. The normalized spacial score (nSPS) is 10.9. The summed E-state index contributed by atoms with van der Waals surface area (Å²) >= 11 is 3.10. The molecular formula is C23H20FN3OS2. The summed E-state index contributed by atoms with van der Waals surface area (Å²) in [6.45, 7) is 2.57. The van der Waals surface area contributed by atoms with Crippen molar-refractivity contribution in [3.63, 3.8) is 0 Å². The van der Waals surface area contributed by atoms with Crippen molar-refractivity contribution >= 4 is 28.6 Å². The number of nitrogens with one attached hydrogen (secondary N) is 1. The number of benzene rings is 2. The van der Waals surface area contributed by atoms with E-state index >= 15 is 0 Å². The van der Waals surface area contributed by atoms with Crippen molar-refractivity contribution < 1.29 is 9.18 Å². The average Bonchev–Trinajstić information content (AvgIpc) is 3.38. The molecule has 0 atom stereocenters. The van der Waals surface area contributed by atoms with Crippen LogP contribution in [0.2, 0.25) is 0 Å². The lowest BCUT2D eigenvalue weighted by atomic mass is 10.1. The highest BCUT2D eigenvalue weighted by atomic mass is 32.1. The van der Waals surface area contributed by atoms with Gasteiger partial charge in [0.25, 0.3) is 0 Å². The number of carbonyl (C=O) groups excluding carboxylic acids is 1. The van der Waals surface area contributed by atoms with Crippen LogP contribution >= 0.6 is 22.7 Å². The Morgan fingerprint density at radius 3 is 2.40 bits per heavy atom. The van der Waals surface area contributed by atoms with E-state index in [1.54, 1.807) is 23.5 Å². The minimum Gasteiger partial charge on any atom is -0.355 e. The van der Waals surface area contributed by atoms with Crippen LogP contribution in [-0.2, 0) is 17.6 Å². The van der Waals surface area contributed by atoms with E-state index in [9.17, 15) is 9.18 Å². The first-order valence-electron chi connectivity index (χ1n) is 9.55. The van der Waals surface area contributed by atoms with E-state index in [2.05, 4.69) is 44.9 Å². The summed E-state index contributed by atoms with van der Waals surface area (Å²) < 4.78 is 13.0. The number of thiazole rings is 2. The van der Waals surface area contributed by atoms with Gasteiger partial charge in [-0.25, -0.2) is 14.4 Å². The highest BCUT2D eigenvalue weighted by Crippen LogP contribution is 2.24. The molecule has 0 saturated carbocycles. The molecule has 0 radical (unpaired) electrons. The van der Waals surface area contributed by atoms with Crippen molar-refractivity contribution in [1.82, 2.24) is 15.3 Å². The zero-order valence-corrected chi connectivity index (χ0v) is 18.0. The molecule has 2 aromatic carbocycles. The quantitative estimate of drug-likeness (QED) is 0.428. The largest absolute Gasteiger partial charge is 0.355 e. The molecular weight excluding hydrogens is 417 g/mol. The Hall–Kier alpha value is -2.90. The minimum absolute atomic E-state index is 0.0551. The number of nitrogens with zero attached hydrogens (tertiary/aromatic N) is 2. The van der Waals surface area contributed by atoms with Gasteiger partial charge in [-0.2, -0.15) is 0 Å². The summed E-state index contributed by atoms with van der Waals surface area (Å²) in [4.78, 5) is 21.2. The highest BCUT2D eigenvalue weighted by molar-refractivity contribution is 7.13. The molecule has 0 spiro atoms. The second-order valence-electron chi connectivity index (χ2n) is 6.88. The molecule has 1 amide bonds. The fourth-order valence-electron chi connectivity index (χ4n) is 3.02. The van der Waals surface area contributed by atoms with Gasteiger partial charge in [0.15, 0.2) is 0 Å². The minimum atomic E-state index is -0.275. The highest BCUT2D eigenvalue weighted by Gasteiger charge is 2.09. The summed E-state index contributed by atoms with van der Waals surface area (Å²) in [6.07, 6.45) is 1.000. The predicted molar refractivity (Wildman–Crippen MR) is 120 cm³/mol. The molecule has 30 heavy (non-hydrogen) atoms. The molecule has 1 N–H and O–H groups in total. The van der Waals surface area contributed by atoms with Gasteiger partial charge in [-0.15, -0.1) is 22.7 Å². The van der Waals surface area contributed by atoms with Crippen LogP contribution in [0.1, 0.15) is 16.3 Å². The van der Waals surface area contributed by atoms with E-state index in [1.807, 2.05) is 12.3 Å². The third kappa shape index (κ3) is 5.17. The lowest BCUT2D eigenvalue weighted by molar-refractivity contribution is -0.120. The van der Waals surface area contributed by atoms with Crippen LogP contribution in [0.15, 0.2) is 59.3 Å². The van der Waals surface area contributed by atoms with E-state index in [-0.39, 0.29) is 18.1 Å². The van der Waals surface area contributed by atoms with Crippen molar-refractivity contribution in [2.45, 2.75) is 19.8 Å². The molecule has 4 aromatic rings. The predicted octanol–water partition coefficient (Wildman–Crippen LogP) is 5.28. The van der Waals surface area contributed by atoms with Gasteiger partial charge < -0.3 is 5.32 Å². The number of aryl methyl sites for hydroxylation is 1. The van der Waals surface area contributed by atoms with E-state index in [1.165, 1.54) is 29.0 Å². The van der Waals surface area contributed by atoms with Gasteiger partial charge in [-0.05, 0) is 43.2 Å². The molecule has 0 aliphatic heterocycles. The number of hydrogen-bond acceptors (Lipinski definition) is 5. The third-order valence-corrected chi connectivity index (χ3v) is 6.30. The second-order valence-corrected chi connectivity index (χ2v) is 8.80. The van der Waals surface area contributed by atoms with E-state index in [0.717, 1.165) is 39.0 Å². The van der Waals surface area contributed by atoms with Crippen LogP contribution in [-0.4, -0.2) is 22.4 Å². The zero-order chi connectivity index (χ0) is 20.9. The van der Waals surface area contributed by atoms with Gasteiger partial charge in [-0.1, -0.05) is 24.3 Å². The first-order valence-corrected chi connectivity index (χ1v) is 11.3. The Bertz CT molecular complexity index is 1130. The van der Waals surface area contributed by atoms with Crippen LogP contribution in [0, 0.1) is 12.7 Å². The molecule has 0 fully saturated rings. The number of rotatable bonds is 7. The summed E-state index contributed by atoms with van der Waals surface area (Å²) in [5.41, 5.74) is 4.84. The van der Waals surface area contributed by atoms with Crippen molar-refractivity contribution in [3.8, 4) is 21.8 Å². The molecule has 0 saturated heterocycles. The van der Waals surface area contributed by atoms with Gasteiger partial charge in [0.2, 0.25) is 5.91 Å². The number of aromatic nitrogens is 2. The zero-order valence-electron chi connectivity index (χ0n) is 16.4. The molecule has 0 bridgehead atoms. The Labute approximate surface area is 182 Å². The Kier molecular flexibility index (Phi) is 6.30. The van der Waals surface area contributed by atoms with Gasteiger partial charge in [-0.3, -0.25) is 4.79 Å². The summed E-state index contributed by atoms with van der Waals surface area (Å²) in [6, 6.07) is 14.5. The van der Waals surface area contributed by atoms with Crippen molar-refractivity contribution in [3.05, 3.63) is 81.4 Å². The molecule has 0 aliphatic carbocycles. The Balaban J connectivity index is 1.26. The lowest BCUT2D eigenvalue weighted by Gasteiger charge is -2.05. The maximum atomic E-state index is 13.0. The third-order valence-electron chi connectivity index (χ3n) is 4.59. The van der Waals surface area contributed by atoms with Crippen molar-refractivity contribution in [1.29, 1.82) is 0 Å². The molecule has 2 heterocycles. The van der Waals surface area contributed by atoms with Crippen LogP contribution in [0.4, 0.5) is 4.39 Å². The first-order chi connectivity index (χ1) is 14.6. The molecule has 0 aliphatic rings. The number of halogens is 1. The van der Waals surface area contributed by atoms with Gasteiger partial charge in [0, 0.05) is 28.4 Å². The van der Waals surface area contributed by atoms with Gasteiger partial charge >= 0.3 is 0 Å². The fourth-order valence-corrected chi connectivity index (χ4v) is 4.47. The molecule has 2 aromatic heterocycles. The summed E-state index contributed by atoms with van der Waals surface area (Å²) in [5, 5.41) is 8.73. The van der Waals surface area contributed by atoms with Crippen LogP contribution in [0.25, 0.3) is 21.8 Å². The maximum Gasteiger partial charge on any atom is 0.226 e. The fraction of sp³-hybridized carbons (Fsp3) is 0.174. The topological polar surface area (TPSA) is 54.9 Å². The monoisotopic (exact) mass is 437 g/mol. The molecule has 0 unspecified atom stereocenters. The van der Waals surface area contributed by atoms with E-state index in [0.29, 0.717) is 6.54 Å².